The zero-order valence-electron chi connectivity index (χ0n) is 14.3. The number of piperidine rings is 1. The molecule has 1 heterocycles. The molecule has 0 bridgehead atoms. The highest BCUT2D eigenvalue weighted by molar-refractivity contribution is 5.95. The van der Waals surface area contributed by atoms with Gasteiger partial charge in [0.05, 0.1) is 0 Å². The van der Waals surface area contributed by atoms with Gasteiger partial charge in [-0.1, -0.05) is 32.0 Å². The van der Waals surface area contributed by atoms with Gasteiger partial charge in [0.25, 0.3) is 0 Å². The third-order valence-corrected chi connectivity index (χ3v) is 4.35. The lowest BCUT2D eigenvalue weighted by Crippen LogP contribution is -2.37. The monoisotopic (exact) mass is 316 g/mol. The van der Waals surface area contributed by atoms with Gasteiger partial charge in [-0.05, 0) is 43.2 Å². The molecule has 0 saturated carbocycles. The van der Waals surface area contributed by atoms with Crippen molar-refractivity contribution in [2.24, 2.45) is 10.7 Å². The molecule has 126 valence electrons. The first-order valence-corrected chi connectivity index (χ1v) is 8.61. The Morgan fingerprint density at radius 2 is 1.78 bits per heavy atom. The number of nitrogens with two attached hydrogens (primary N) is 1. The van der Waals surface area contributed by atoms with Crippen LogP contribution >= 0.6 is 0 Å². The van der Waals surface area contributed by atoms with E-state index in [9.17, 15) is 4.79 Å². The maximum absolute atomic E-state index is 12.1. The third-order valence-electron chi connectivity index (χ3n) is 4.35. The number of hydrogen-bond donors (Lipinski definition) is 2. The van der Waals surface area contributed by atoms with E-state index in [0.717, 1.165) is 44.5 Å². The topological polar surface area (TPSA) is 70.7 Å². The van der Waals surface area contributed by atoms with Gasteiger partial charge in [0.1, 0.15) is 6.54 Å². The molecule has 0 aromatic heterocycles. The highest BCUT2D eigenvalue weighted by atomic mass is 16.2. The van der Waals surface area contributed by atoms with Gasteiger partial charge < -0.3 is 16.0 Å². The first kappa shape index (κ1) is 17.3. The summed E-state index contributed by atoms with van der Waals surface area (Å²) in [7, 11) is 0. The van der Waals surface area contributed by atoms with Gasteiger partial charge >= 0.3 is 0 Å². The molecule has 1 saturated heterocycles. The molecular weight excluding hydrogens is 288 g/mol. The number of amides is 1. The van der Waals surface area contributed by atoms with E-state index < -0.39 is 0 Å². The number of carbonyl (C=O) groups is 1. The minimum Gasteiger partial charge on any atom is -0.370 e. The van der Waals surface area contributed by atoms with Crippen molar-refractivity contribution < 1.29 is 4.79 Å². The fourth-order valence-electron chi connectivity index (χ4n) is 2.97. The molecule has 1 aliphatic rings. The van der Waals surface area contributed by atoms with Crippen LogP contribution in [0.4, 0.5) is 5.69 Å². The van der Waals surface area contributed by atoms with Crippen LogP contribution in [-0.4, -0.2) is 36.4 Å². The average molecular weight is 316 g/mol. The molecule has 1 aromatic rings. The Bertz CT molecular complexity index is 540. The lowest BCUT2D eigenvalue weighted by molar-refractivity contribution is -0.130. The minimum atomic E-state index is 0.0638. The number of benzene rings is 1. The van der Waals surface area contributed by atoms with E-state index in [1.54, 1.807) is 0 Å². The number of rotatable bonds is 5. The highest BCUT2D eigenvalue weighted by Crippen LogP contribution is 2.22. The smallest absolute Gasteiger partial charge is 0.244 e. The molecule has 0 atom stereocenters. The van der Waals surface area contributed by atoms with Gasteiger partial charge in [-0.15, -0.1) is 0 Å². The number of likely N-dealkylation sites (tertiary alicyclic amines) is 1. The number of hydrogen-bond acceptors (Lipinski definition) is 2. The summed E-state index contributed by atoms with van der Waals surface area (Å²) in [6.45, 7) is 6.05. The number of nitrogens with one attached hydrogen (secondary N) is 1. The largest absolute Gasteiger partial charge is 0.370 e. The van der Waals surface area contributed by atoms with Crippen LogP contribution in [-0.2, 0) is 17.6 Å². The van der Waals surface area contributed by atoms with Crippen molar-refractivity contribution in [1.29, 1.82) is 0 Å². The lowest BCUT2D eigenvalue weighted by atomic mass is 10.0. The Morgan fingerprint density at radius 1 is 1.17 bits per heavy atom. The lowest BCUT2D eigenvalue weighted by Gasteiger charge is -2.26. The molecule has 0 aliphatic carbocycles. The summed E-state index contributed by atoms with van der Waals surface area (Å²) in [6, 6.07) is 6.25. The zero-order chi connectivity index (χ0) is 16.7. The third kappa shape index (κ3) is 4.71. The quantitative estimate of drug-likeness (QED) is 0.648. The van der Waals surface area contributed by atoms with Crippen LogP contribution < -0.4 is 11.1 Å². The van der Waals surface area contributed by atoms with Crippen molar-refractivity contribution in [2.45, 2.75) is 46.0 Å². The number of aliphatic imine (C=N–C) groups is 1. The van der Waals surface area contributed by atoms with Gasteiger partial charge in [-0.25, -0.2) is 4.99 Å². The first-order chi connectivity index (χ1) is 11.2. The molecule has 0 spiro atoms. The van der Waals surface area contributed by atoms with Crippen LogP contribution in [0.25, 0.3) is 0 Å². The second kappa shape index (κ2) is 8.56. The Balaban J connectivity index is 2.00. The molecule has 23 heavy (non-hydrogen) atoms. The predicted octanol–water partition coefficient (Wildman–Crippen LogP) is 2.55. The van der Waals surface area contributed by atoms with Gasteiger partial charge in [-0.3, -0.25) is 4.79 Å². The summed E-state index contributed by atoms with van der Waals surface area (Å²) in [5.41, 5.74) is 9.46. The summed E-state index contributed by atoms with van der Waals surface area (Å²) in [5, 5.41) is 3.20. The Morgan fingerprint density at radius 3 is 2.35 bits per heavy atom. The predicted molar refractivity (Wildman–Crippen MR) is 95.7 cm³/mol. The number of para-hydroxylation sites is 1. The van der Waals surface area contributed by atoms with E-state index in [0.29, 0.717) is 5.96 Å². The molecule has 1 aliphatic heterocycles. The normalized spacial score (nSPS) is 15.6. The Hall–Kier alpha value is -2.04. The minimum absolute atomic E-state index is 0.0638. The van der Waals surface area contributed by atoms with Crippen LogP contribution in [0, 0.1) is 0 Å². The number of carbonyl (C=O) groups excluding carboxylic acids is 1. The molecular formula is C18H28N4O. The van der Waals surface area contributed by atoms with Crippen molar-refractivity contribution in [3.63, 3.8) is 0 Å². The number of anilines is 1. The second-order valence-corrected chi connectivity index (χ2v) is 5.93. The first-order valence-electron chi connectivity index (χ1n) is 8.61. The summed E-state index contributed by atoms with van der Waals surface area (Å²) >= 11 is 0. The Kier molecular flexibility index (Phi) is 6.44. The standard InChI is InChI=1S/C18H28N4O/c1-3-14-9-8-10-15(4-2)17(14)21-18(19)20-13-16(23)22-11-6-5-7-12-22/h8-10H,3-7,11-13H2,1-2H3,(H3,19,20,21). The fraction of sp³-hybridized carbons (Fsp3) is 0.556. The van der Waals surface area contributed by atoms with Crippen LogP contribution in [0.3, 0.4) is 0 Å². The molecule has 0 radical (unpaired) electrons. The van der Waals surface area contributed by atoms with E-state index in [1.807, 2.05) is 4.90 Å². The molecule has 5 nitrogen and oxygen atoms in total. The molecule has 2 rings (SSSR count). The van der Waals surface area contributed by atoms with Crippen LogP contribution in [0.5, 0.6) is 0 Å². The molecule has 1 fully saturated rings. The van der Waals surface area contributed by atoms with Crippen LogP contribution in [0.2, 0.25) is 0 Å². The average Bonchev–Trinajstić information content (AvgIpc) is 2.60. The SMILES string of the molecule is CCc1cccc(CC)c1NC(N)=NCC(=O)N1CCCCC1. The molecule has 5 heteroatoms. The van der Waals surface area contributed by atoms with Crippen molar-refractivity contribution in [3.05, 3.63) is 29.3 Å². The maximum atomic E-state index is 12.1. The van der Waals surface area contributed by atoms with Gasteiger partial charge in [0, 0.05) is 18.8 Å². The maximum Gasteiger partial charge on any atom is 0.244 e. The van der Waals surface area contributed by atoms with Crippen molar-refractivity contribution in [3.8, 4) is 0 Å². The number of nitrogens with zero attached hydrogens (tertiary/aromatic N) is 2. The Labute approximate surface area is 139 Å². The molecule has 1 amide bonds. The van der Waals surface area contributed by atoms with E-state index in [2.05, 4.69) is 42.4 Å². The molecule has 1 aromatic carbocycles. The fourth-order valence-corrected chi connectivity index (χ4v) is 2.97. The molecule has 0 unspecified atom stereocenters. The molecule has 3 N–H and O–H groups in total. The van der Waals surface area contributed by atoms with Gasteiger partial charge in [-0.2, -0.15) is 0 Å². The van der Waals surface area contributed by atoms with Crippen molar-refractivity contribution in [2.75, 3.05) is 25.0 Å². The summed E-state index contributed by atoms with van der Waals surface area (Å²) in [4.78, 5) is 18.3. The summed E-state index contributed by atoms with van der Waals surface area (Å²) < 4.78 is 0. The van der Waals surface area contributed by atoms with E-state index in [4.69, 9.17) is 5.73 Å². The van der Waals surface area contributed by atoms with Crippen molar-refractivity contribution in [1.82, 2.24) is 4.90 Å². The zero-order valence-corrected chi connectivity index (χ0v) is 14.3. The van der Waals surface area contributed by atoms with E-state index >= 15 is 0 Å². The number of guanidine groups is 1. The van der Waals surface area contributed by atoms with Crippen molar-refractivity contribution >= 4 is 17.6 Å². The van der Waals surface area contributed by atoms with Crippen LogP contribution in [0.15, 0.2) is 23.2 Å². The van der Waals surface area contributed by atoms with Gasteiger partial charge in [0.2, 0.25) is 5.91 Å². The summed E-state index contributed by atoms with van der Waals surface area (Å²) in [6.07, 6.45) is 5.25. The highest BCUT2D eigenvalue weighted by Gasteiger charge is 2.16. The van der Waals surface area contributed by atoms with Crippen LogP contribution in [0.1, 0.15) is 44.2 Å². The van der Waals surface area contributed by atoms with E-state index in [1.165, 1.54) is 17.5 Å². The van der Waals surface area contributed by atoms with Gasteiger partial charge in [0.15, 0.2) is 5.96 Å². The van der Waals surface area contributed by atoms with E-state index in [-0.39, 0.29) is 12.5 Å². The number of aryl methyl sites for hydroxylation is 2. The summed E-state index contributed by atoms with van der Waals surface area (Å²) in [5.74, 6) is 0.375. The second-order valence-electron chi connectivity index (χ2n) is 5.93.